The van der Waals surface area contributed by atoms with Crippen LogP contribution in [0.2, 0.25) is 0 Å². The van der Waals surface area contributed by atoms with Gasteiger partial charge in [-0.1, -0.05) is 24.3 Å². The number of fused-ring (bicyclic) bond motifs is 1. The van der Waals surface area contributed by atoms with E-state index in [-0.39, 0.29) is 24.3 Å². The fourth-order valence-corrected chi connectivity index (χ4v) is 3.32. The maximum atomic E-state index is 13.0. The molecule has 2 heterocycles. The van der Waals surface area contributed by atoms with E-state index in [0.29, 0.717) is 5.95 Å². The van der Waals surface area contributed by atoms with Gasteiger partial charge in [-0.2, -0.15) is 4.98 Å². The molecule has 1 aromatic heterocycles. The van der Waals surface area contributed by atoms with Crippen molar-refractivity contribution in [3.8, 4) is 0 Å². The second-order valence-corrected chi connectivity index (χ2v) is 6.19. The summed E-state index contributed by atoms with van der Waals surface area (Å²) in [4.78, 5) is 11.2. The molecular weight excluding hydrogens is 351 g/mol. The Morgan fingerprint density at radius 2 is 1.85 bits per heavy atom. The maximum absolute atomic E-state index is 13.0. The van der Waals surface area contributed by atoms with Crippen LogP contribution in [0.25, 0.3) is 0 Å². The highest BCUT2D eigenvalue weighted by atomic mass is 35.5. The van der Waals surface area contributed by atoms with E-state index >= 15 is 0 Å². The lowest BCUT2D eigenvalue weighted by atomic mass is 9.94. The number of nitrogens with zero attached hydrogens (tertiary/aromatic N) is 3. The molecule has 1 aliphatic heterocycles. The van der Waals surface area contributed by atoms with Crippen LogP contribution < -0.4 is 10.2 Å². The molecule has 26 heavy (non-hydrogen) atoms. The van der Waals surface area contributed by atoms with Gasteiger partial charge in [0.15, 0.2) is 0 Å². The average Bonchev–Trinajstić information content (AvgIpc) is 2.64. The third kappa shape index (κ3) is 3.63. The van der Waals surface area contributed by atoms with E-state index in [2.05, 4.69) is 51.4 Å². The summed E-state index contributed by atoms with van der Waals surface area (Å²) in [5.74, 6) is 1.14. The van der Waals surface area contributed by atoms with Crippen LogP contribution >= 0.6 is 12.4 Å². The highest BCUT2D eigenvalue weighted by molar-refractivity contribution is 5.85. The van der Waals surface area contributed by atoms with Crippen LogP contribution in [0.1, 0.15) is 24.1 Å². The van der Waals surface area contributed by atoms with Gasteiger partial charge in [-0.05, 0) is 54.8 Å². The highest BCUT2D eigenvalue weighted by Gasteiger charge is 2.24. The summed E-state index contributed by atoms with van der Waals surface area (Å²) in [5.41, 5.74) is 3.51. The van der Waals surface area contributed by atoms with Crippen LogP contribution in [-0.2, 0) is 6.42 Å². The summed E-state index contributed by atoms with van der Waals surface area (Å²) < 4.78 is 13.0. The third-order valence-electron chi connectivity index (χ3n) is 4.63. The lowest BCUT2D eigenvalue weighted by Crippen LogP contribution is -2.34. The Hall–Kier alpha value is -2.66. The Balaban J connectivity index is 0.00000196. The van der Waals surface area contributed by atoms with Gasteiger partial charge >= 0.3 is 0 Å². The van der Waals surface area contributed by atoms with Crippen molar-refractivity contribution in [1.29, 1.82) is 0 Å². The molecule has 4 rings (SSSR count). The molecule has 134 valence electrons. The Morgan fingerprint density at radius 3 is 2.65 bits per heavy atom. The first-order valence-corrected chi connectivity index (χ1v) is 8.41. The molecule has 0 saturated carbocycles. The van der Waals surface area contributed by atoms with Crippen molar-refractivity contribution < 1.29 is 4.39 Å². The van der Waals surface area contributed by atoms with Crippen LogP contribution in [-0.4, -0.2) is 16.5 Å². The minimum Gasteiger partial charge on any atom is -0.349 e. The molecule has 3 aromatic rings. The van der Waals surface area contributed by atoms with Crippen LogP contribution in [0.3, 0.4) is 0 Å². The average molecular weight is 371 g/mol. The lowest BCUT2D eigenvalue weighted by molar-refractivity contribution is 0.617. The summed E-state index contributed by atoms with van der Waals surface area (Å²) in [5, 5.41) is 3.13. The number of aromatic nitrogens is 2. The number of hydrogen-bond donors (Lipinski definition) is 1. The zero-order chi connectivity index (χ0) is 17.2. The molecule has 1 atom stereocenters. The van der Waals surface area contributed by atoms with E-state index in [9.17, 15) is 4.39 Å². The Morgan fingerprint density at radius 1 is 1.08 bits per heavy atom. The molecule has 0 aliphatic carbocycles. The number of halogens is 2. The summed E-state index contributed by atoms with van der Waals surface area (Å²) in [6.45, 7) is 3.12. The molecule has 0 spiro atoms. The molecule has 6 heteroatoms. The summed E-state index contributed by atoms with van der Waals surface area (Å²) in [6.07, 6.45) is 2.76. The fraction of sp³-hybridized carbons (Fsp3) is 0.200. The Labute approximate surface area is 158 Å². The first-order chi connectivity index (χ1) is 12.2. The highest BCUT2D eigenvalue weighted by Crippen LogP contribution is 2.32. The minimum absolute atomic E-state index is 0. The lowest BCUT2D eigenvalue weighted by Gasteiger charge is -2.36. The second kappa shape index (κ2) is 7.70. The zero-order valence-electron chi connectivity index (χ0n) is 14.4. The molecule has 1 N–H and O–H groups in total. The van der Waals surface area contributed by atoms with Gasteiger partial charge in [-0.15, -0.1) is 12.4 Å². The predicted molar refractivity (Wildman–Crippen MR) is 105 cm³/mol. The molecule has 0 radical (unpaired) electrons. The number of benzene rings is 2. The maximum Gasteiger partial charge on any atom is 0.229 e. The molecule has 4 nitrogen and oxygen atoms in total. The van der Waals surface area contributed by atoms with Gasteiger partial charge in [-0.3, -0.25) is 0 Å². The van der Waals surface area contributed by atoms with Gasteiger partial charge in [0.25, 0.3) is 0 Å². The summed E-state index contributed by atoms with van der Waals surface area (Å²) in [7, 11) is 0. The van der Waals surface area contributed by atoms with Gasteiger partial charge in [-0.25, -0.2) is 9.37 Å². The number of anilines is 3. The normalized spacial score (nSPS) is 15.8. The van der Waals surface area contributed by atoms with Crippen molar-refractivity contribution in [2.45, 2.75) is 19.4 Å². The van der Waals surface area contributed by atoms with Crippen molar-refractivity contribution in [2.24, 2.45) is 0 Å². The van der Waals surface area contributed by atoms with Crippen molar-refractivity contribution in [3.63, 3.8) is 0 Å². The standard InChI is InChI=1S/C20H19FN4.ClH/c1-14-18-5-3-2-4-15(18)11-13-25(14)19-10-12-22-20(24-19)23-17-8-6-16(21)7-9-17;/h2-10,12,14H,11,13H2,1H3,(H,22,23,24);1H. The zero-order valence-corrected chi connectivity index (χ0v) is 15.2. The van der Waals surface area contributed by atoms with Crippen LogP contribution in [0, 0.1) is 5.82 Å². The van der Waals surface area contributed by atoms with Crippen LogP contribution in [0.15, 0.2) is 60.8 Å². The van der Waals surface area contributed by atoms with Crippen molar-refractivity contribution in [2.75, 3.05) is 16.8 Å². The molecule has 0 fully saturated rings. The van der Waals surface area contributed by atoms with Crippen LogP contribution in [0.4, 0.5) is 21.8 Å². The molecule has 1 unspecified atom stereocenters. The van der Waals surface area contributed by atoms with E-state index in [0.717, 1.165) is 24.5 Å². The van der Waals surface area contributed by atoms with Gasteiger partial charge in [0, 0.05) is 18.4 Å². The van der Waals surface area contributed by atoms with Gasteiger partial charge in [0.05, 0.1) is 6.04 Å². The summed E-state index contributed by atoms with van der Waals surface area (Å²) in [6, 6.07) is 16.9. The molecule has 0 amide bonds. The van der Waals surface area contributed by atoms with Crippen molar-refractivity contribution >= 4 is 29.9 Å². The molecule has 1 aliphatic rings. The number of rotatable bonds is 3. The summed E-state index contributed by atoms with van der Waals surface area (Å²) >= 11 is 0. The molecule has 0 bridgehead atoms. The molecular formula is C20H20ClFN4. The van der Waals surface area contributed by atoms with E-state index in [1.807, 2.05) is 6.07 Å². The fourth-order valence-electron chi connectivity index (χ4n) is 3.32. The topological polar surface area (TPSA) is 41.1 Å². The molecule has 0 saturated heterocycles. The van der Waals surface area contributed by atoms with E-state index in [1.165, 1.54) is 23.3 Å². The Bertz CT molecular complexity index is 885. The molecule has 2 aromatic carbocycles. The largest absolute Gasteiger partial charge is 0.349 e. The van der Waals surface area contributed by atoms with Crippen molar-refractivity contribution in [3.05, 3.63) is 77.7 Å². The van der Waals surface area contributed by atoms with E-state index in [1.54, 1.807) is 18.3 Å². The Kier molecular flexibility index (Phi) is 5.38. The first-order valence-electron chi connectivity index (χ1n) is 8.41. The van der Waals surface area contributed by atoms with Crippen LogP contribution in [0.5, 0.6) is 0 Å². The van der Waals surface area contributed by atoms with Crippen molar-refractivity contribution in [1.82, 2.24) is 9.97 Å². The number of nitrogens with one attached hydrogen (secondary N) is 1. The predicted octanol–water partition coefficient (Wildman–Crippen LogP) is 4.90. The quantitative estimate of drug-likeness (QED) is 0.711. The SMILES string of the molecule is CC1c2ccccc2CCN1c1ccnc(Nc2ccc(F)cc2)n1.Cl. The minimum atomic E-state index is -0.263. The third-order valence-corrected chi connectivity index (χ3v) is 4.63. The van der Waals surface area contributed by atoms with E-state index < -0.39 is 0 Å². The number of hydrogen-bond acceptors (Lipinski definition) is 4. The van der Waals surface area contributed by atoms with Gasteiger partial charge in [0.2, 0.25) is 5.95 Å². The van der Waals surface area contributed by atoms with Gasteiger partial charge in [0.1, 0.15) is 11.6 Å². The second-order valence-electron chi connectivity index (χ2n) is 6.19. The monoisotopic (exact) mass is 370 g/mol. The smallest absolute Gasteiger partial charge is 0.229 e. The van der Waals surface area contributed by atoms with E-state index in [4.69, 9.17) is 0 Å². The first kappa shape index (κ1) is 18.1. The van der Waals surface area contributed by atoms with Gasteiger partial charge < -0.3 is 10.2 Å².